The standard InChI is InChI=1S/C13H9F3N2O/c14-13(15,16)10-4-1-5-11(7-10)18-12-9(8-19)3-2-6-17-12/h1-8H,(H,17,18). The zero-order valence-corrected chi connectivity index (χ0v) is 9.61. The summed E-state index contributed by atoms with van der Waals surface area (Å²) in [5, 5.41) is 2.69. The number of hydrogen-bond acceptors (Lipinski definition) is 3. The summed E-state index contributed by atoms with van der Waals surface area (Å²) in [5.74, 6) is 0.219. The number of carbonyl (C=O) groups is 1. The summed E-state index contributed by atoms with van der Waals surface area (Å²) >= 11 is 0. The average Bonchev–Trinajstić information content (AvgIpc) is 2.39. The summed E-state index contributed by atoms with van der Waals surface area (Å²) in [4.78, 5) is 14.7. The molecule has 0 aliphatic rings. The number of halogens is 3. The van der Waals surface area contributed by atoms with E-state index in [9.17, 15) is 18.0 Å². The van der Waals surface area contributed by atoms with Crippen LogP contribution in [0.5, 0.6) is 0 Å². The maximum atomic E-state index is 12.6. The number of carbonyl (C=O) groups excluding carboxylic acids is 1. The Balaban J connectivity index is 2.31. The predicted molar refractivity (Wildman–Crippen MR) is 64.4 cm³/mol. The minimum absolute atomic E-state index is 0.219. The van der Waals surface area contributed by atoms with Crippen LogP contribution < -0.4 is 5.32 Å². The first-order valence-electron chi connectivity index (χ1n) is 5.35. The summed E-state index contributed by atoms with van der Waals surface area (Å²) in [6, 6.07) is 7.79. The van der Waals surface area contributed by atoms with Crippen LogP contribution >= 0.6 is 0 Å². The number of aromatic nitrogens is 1. The van der Waals surface area contributed by atoms with Gasteiger partial charge in [0.25, 0.3) is 0 Å². The van der Waals surface area contributed by atoms with Gasteiger partial charge in [-0.1, -0.05) is 6.07 Å². The van der Waals surface area contributed by atoms with E-state index in [1.807, 2.05) is 0 Å². The average molecular weight is 266 g/mol. The van der Waals surface area contributed by atoms with Crippen molar-refractivity contribution in [3.63, 3.8) is 0 Å². The molecule has 3 nitrogen and oxygen atoms in total. The lowest BCUT2D eigenvalue weighted by atomic mass is 10.2. The molecule has 19 heavy (non-hydrogen) atoms. The van der Waals surface area contributed by atoms with Crippen LogP contribution in [0.2, 0.25) is 0 Å². The summed E-state index contributed by atoms with van der Waals surface area (Å²) in [6.45, 7) is 0. The van der Waals surface area contributed by atoms with Crippen LogP contribution in [0.25, 0.3) is 0 Å². The van der Waals surface area contributed by atoms with Gasteiger partial charge in [-0.15, -0.1) is 0 Å². The smallest absolute Gasteiger partial charge is 0.340 e. The lowest BCUT2D eigenvalue weighted by Gasteiger charge is -2.11. The van der Waals surface area contributed by atoms with Gasteiger partial charge in [0.05, 0.1) is 11.1 Å². The summed E-state index contributed by atoms with van der Waals surface area (Å²) in [7, 11) is 0. The van der Waals surface area contributed by atoms with Gasteiger partial charge >= 0.3 is 6.18 Å². The molecular weight excluding hydrogens is 257 g/mol. The van der Waals surface area contributed by atoms with E-state index in [1.165, 1.54) is 24.4 Å². The number of benzene rings is 1. The molecule has 0 radical (unpaired) electrons. The van der Waals surface area contributed by atoms with Gasteiger partial charge in [-0.2, -0.15) is 13.2 Å². The fourth-order valence-corrected chi connectivity index (χ4v) is 1.53. The van der Waals surface area contributed by atoms with E-state index in [0.29, 0.717) is 6.29 Å². The molecule has 0 saturated carbocycles. The maximum Gasteiger partial charge on any atom is 0.416 e. The third kappa shape index (κ3) is 3.09. The number of nitrogens with zero attached hydrogens (tertiary/aromatic N) is 1. The van der Waals surface area contributed by atoms with Crippen molar-refractivity contribution in [2.45, 2.75) is 6.18 Å². The molecule has 1 heterocycles. The first-order chi connectivity index (χ1) is 9.00. The van der Waals surface area contributed by atoms with Crippen molar-refractivity contribution >= 4 is 17.8 Å². The highest BCUT2D eigenvalue weighted by Gasteiger charge is 2.30. The van der Waals surface area contributed by atoms with Gasteiger partial charge in [-0.3, -0.25) is 4.79 Å². The molecule has 6 heteroatoms. The SMILES string of the molecule is O=Cc1cccnc1Nc1cccc(C(F)(F)F)c1. The third-order valence-corrected chi connectivity index (χ3v) is 2.42. The normalized spacial score (nSPS) is 11.1. The molecule has 2 aromatic rings. The molecule has 0 aliphatic carbocycles. The number of pyridine rings is 1. The molecule has 0 amide bonds. The first kappa shape index (κ1) is 13.1. The van der Waals surface area contributed by atoms with Crippen molar-refractivity contribution in [3.05, 3.63) is 53.7 Å². The Hall–Kier alpha value is -2.37. The largest absolute Gasteiger partial charge is 0.416 e. The minimum atomic E-state index is -4.41. The van der Waals surface area contributed by atoms with Gasteiger partial charge in [0.2, 0.25) is 0 Å². The van der Waals surface area contributed by atoms with E-state index in [4.69, 9.17) is 0 Å². The van der Waals surface area contributed by atoms with Crippen LogP contribution in [0, 0.1) is 0 Å². The van der Waals surface area contributed by atoms with E-state index < -0.39 is 11.7 Å². The molecule has 0 aliphatic heterocycles. The molecule has 0 bridgehead atoms. The van der Waals surface area contributed by atoms with Crippen LogP contribution in [0.1, 0.15) is 15.9 Å². The van der Waals surface area contributed by atoms with Gasteiger partial charge in [-0.25, -0.2) is 4.98 Å². The number of aldehydes is 1. The monoisotopic (exact) mass is 266 g/mol. The molecule has 0 unspecified atom stereocenters. The van der Waals surface area contributed by atoms with E-state index in [-0.39, 0.29) is 17.1 Å². The second-order valence-corrected chi connectivity index (χ2v) is 3.76. The Morgan fingerprint density at radius 1 is 1.16 bits per heavy atom. The van der Waals surface area contributed by atoms with Gasteiger partial charge in [0.1, 0.15) is 5.82 Å². The number of rotatable bonds is 3. The summed E-state index contributed by atoms with van der Waals surface area (Å²) in [6.07, 6.45) is -2.37. The number of hydrogen-bond donors (Lipinski definition) is 1. The Bertz CT molecular complexity index is 596. The van der Waals surface area contributed by atoms with Crippen LogP contribution in [0.3, 0.4) is 0 Å². The fraction of sp³-hybridized carbons (Fsp3) is 0.0769. The molecule has 0 spiro atoms. The van der Waals surface area contributed by atoms with Crippen molar-refractivity contribution in [3.8, 4) is 0 Å². The zero-order valence-electron chi connectivity index (χ0n) is 9.61. The Kier molecular flexibility index (Phi) is 3.50. The van der Waals surface area contributed by atoms with Crippen LogP contribution in [-0.4, -0.2) is 11.3 Å². The molecule has 1 aromatic heterocycles. The summed E-state index contributed by atoms with van der Waals surface area (Å²) < 4.78 is 37.7. The molecule has 0 saturated heterocycles. The molecule has 0 fully saturated rings. The van der Waals surface area contributed by atoms with Crippen LogP contribution in [0.4, 0.5) is 24.7 Å². The highest BCUT2D eigenvalue weighted by Crippen LogP contribution is 2.31. The molecule has 98 valence electrons. The minimum Gasteiger partial charge on any atom is -0.340 e. The zero-order chi connectivity index (χ0) is 13.9. The number of nitrogens with one attached hydrogen (secondary N) is 1. The van der Waals surface area contributed by atoms with Crippen LogP contribution in [-0.2, 0) is 6.18 Å². The van der Waals surface area contributed by atoms with E-state index in [0.717, 1.165) is 12.1 Å². The molecule has 2 rings (SSSR count). The molecule has 1 N–H and O–H groups in total. The predicted octanol–water partition coefficient (Wildman–Crippen LogP) is 3.66. The quantitative estimate of drug-likeness (QED) is 0.862. The maximum absolute atomic E-state index is 12.6. The molecule has 1 aromatic carbocycles. The van der Waals surface area contributed by atoms with Crippen molar-refractivity contribution in [1.29, 1.82) is 0 Å². The van der Waals surface area contributed by atoms with Gasteiger partial charge in [0, 0.05) is 11.9 Å². The summed E-state index contributed by atoms with van der Waals surface area (Å²) in [5.41, 5.74) is -0.266. The third-order valence-electron chi connectivity index (χ3n) is 2.42. The van der Waals surface area contributed by atoms with Crippen molar-refractivity contribution in [2.24, 2.45) is 0 Å². The van der Waals surface area contributed by atoms with E-state index in [1.54, 1.807) is 6.07 Å². The van der Waals surface area contributed by atoms with Crippen molar-refractivity contribution in [1.82, 2.24) is 4.98 Å². The molecule has 0 atom stereocenters. The van der Waals surface area contributed by atoms with Gasteiger partial charge in [0.15, 0.2) is 6.29 Å². The Morgan fingerprint density at radius 3 is 2.63 bits per heavy atom. The van der Waals surface area contributed by atoms with E-state index >= 15 is 0 Å². The lowest BCUT2D eigenvalue weighted by molar-refractivity contribution is -0.137. The van der Waals surface area contributed by atoms with Gasteiger partial charge in [-0.05, 0) is 30.3 Å². The van der Waals surface area contributed by atoms with Crippen molar-refractivity contribution in [2.75, 3.05) is 5.32 Å². The highest BCUT2D eigenvalue weighted by molar-refractivity contribution is 5.83. The first-order valence-corrected chi connectivity index (χ1v) is 5.35. The lowest BCUT2D eigenvalue weighted by Crippen LogP contribution is -2.05. The second-order valence-electron chi connectivity index (χ2n) is 3.76. The van der Waals surface area contributed by atoms with Gasteiger partial charge < -0.3 is 5.32 Å². The molecular formula is C13H9F3N2O. The Labute approximate surface area is 107 Å². The van der Waals surface area contributed by atoms with Crippen molar-refractivity contribution < 1.29 is 18.0 Å². The van der Waals surface area contributed by atoms with Crippen LogP contribution in [0.15, 0.2) is 42.6 Å². The van der Waals surface area contributed by atoms with E-state index in [2.05, 4.69) is 10.3 Å². The number of alkyl halides is 3. The second kappa shape index (κ2) is 5.09. The topological polar surface area (TPSA) is 42.0 Å². The number of anilines is 2. The Morgan fingerprint density at radius 2 is 1.95 bits per heavy atom. The highest BCUT2D eigenvalue weighted by atomic mass is 19.4. The fourth-order valence-electron chi connectivity index (χ4n) is 1.53.